The fourth-order valence-electron chi connectivity index (χ4n) is 4.17. The first-order valence-electron chi connectivity index (χ1n) is 10.6. The van der Waals surface area contributed by atoms with Crippen LogP contribution in [0.3, 0.4) is 0 Å². The van der Waals surface area contributed by atoms with Crippen molar-refractivity contribution in [2.45, 2.75) is 46.2 Å². The highest BCUT2D eigenvalue weighted by molar-refractivity contribution is 5.80. The molecular formula is C23H32N6. The van der Waals surface area contributed by atoms with Crippen LogP contribution in [0.1, 0.15) is 35.4 Å². The molecule has 1 fully saturated rings. The summed E-state index contributed by atoms with van der Waals surface area (Å²) in [7, 11) is 0. The number of hydrogen-bond donors (Lipinski definition) is 2. The van der Waals surface area contributed by atoms with Crippen molar-refractivity contribution >= 4 is 17.0 Å². The normalized spacial score (nSPS) is 15.9. The van der Waals surface area contributed by atoms with Gasteiger partial charge in [0.25, 0.3) is 0 Å². The SMILES string of the molecule is Cc1cccc(Cn2c(NC3CCN(CCN)CC3)nc3cc(C)c(C)cc32)n1. The molecule has 1 saturated heterocycles. The molecule has 1 aromatic carbocycles. The van der Waals surface area contributed by atoms with E-state index in [9.17, 15) is 0 Å². The van der Waals surface area contributed by atoms with Crippen molar-refractivity contribution in [2.75, 3.05) is 31.5 Å². The van der Waals surface area contributed by atoms with Crippen LogP contribution in [-0.4, -0.2) is 51.7 Å². The third-order valence-electron chi connectivity index (χ3n) is 6.00. The number of fused-ring (bicyclic) bond motifs is 1. The van der Waals surface area contributed by atoms with Crippen LogP contribution in [0.25, 0.3) is 11.0 Å². The van der Waals surface area contributed by atoms with Crippen LogP contribution in [0.2, 0.25) is 0 Å². The summed E-state index contributed by atoms with van der Waals surface area (Å²) in [5.74, 6) is 0.950. The van der Waals surface area contributed by atoms with Crippen LogP contribution in [-0.2, 0) is 6.54 Å². The van der Waals surface area contributed by atoms with Crippen LogP contribution in [0, 0.1) is 20.8 Å². The van der Waals surface area contributed by atoms with Crippen molar-refractivity contribution in [3.8, 4) is 0 Å². The first kappa shape index (κ1) is 19.9. The van der Waals surface area contributed by atoms with E-state index in [2.05, 4.69) is 52.9 Å². The van der Waals surface area contributed by atoms with Gasteiger partial charge in [-0.25, -0.2) is 4.98 Å². The Bertz CT molecular complexity index is 984. The average Bonchev–Trinajstić information content (AvgIpc) is 3.00. The number of nitrogens with one attached hydrogen (secondary N) is 1. The van der Waals surface area contributed by atoms with E-state index in [1.54, 1.807) is 0 Å². The van der Waals surface area contributed by atoms with Gasteiger partial charge in [0.2, 0.25) is 5.95 Å². The second-order valence-corrected chi connectivity index (χ2v) is 8.27. The molecule has 1 aliphatic rings. The average molecular weight is 393 g/mol. The van der Waals surface area contributed by atoms with Gasteiger partial charge in [-0.2, -0.15) is 0 Å². The molecule has 1 aliphatic heterocycles. The minimum atomic E-state index is 0.437. The van der Waals surface area contributed by atoms with E-state index in [4.69, 9.17) is 15.7 Å². The van der Waals surface area contributed by atoms with Gasteiger partial charge in [0.1, 0.15) is 0 Å². The highest BCUT2D eigenvalue weighted by atomic mass is 15.2. The fourth-order valence-corrected chi connectivity index (χ4v) is 4.17. The molecule has 0 amide bonds. The standard InChI is InChI=1S/C23H32N6/c1-16-13-21-22(14-17(16)2)29(15-20-6-4-5-18(3)25-20)23(27-21)26-19-7-10-28(11-8-19)12-9-24/h4-6,13-14,19H,7-12,15,24H2,1-3H3,(H,26,27). The molecule has 2 aromatic heterocycles. The summed E-state index contributed by atoms with van der Waals surface area (Å²) in [5, 5.41) is 3.74. The molecule has 4 rings (SSSR count). The van der Waals surface area contributed by atoms with E-state index in [0.717, 1.165) is 68.4 Å². The van der Waals surface area contributed by atoms with Crippen molar-refractivity contribution in [3.63, 3.8) is 0 Å². The van der Waals surface area contributed by atoms with E-state index < -0.39 is 0 Å². The lowest BCUT2D eigenvalue weighted by atomic mass is 10.1. The van der Waals surface area contributed by atoms with Crippen molar-refractivity contribution in [2.24, 2.45) is 5.73 Å². The number of aromatic nitrogens is 3. The van der Waals surface area contributed by atoms with Crippen LogP contribution in [0.4, 0.5) is 5.95 Å². The van der Waals surface area contributed by atoms with Gasteiger partial charge in [0.05, 0.1) is 23.3 Å². The van der Waals surface area contributed by atoms with Crippen molar-refractivity contribution < 1.29 is 0 Å². The molecule has 6 nitrogen and oxygen atoms in total. The summed E-state index contributed by atoms with van der Waals surface area (Å²) in [6.07, 6.45) is 2.23. The molecule has 154 valence electrons. The number of piperidine rings is 1. The summed E-state index contributed by atoms with van der Waals surface area (Å²) in [6.45, 7) is 11.0. The molecular weight excluding hydrogens is 360 g/mol. The molecule has 3 aromatic rings. The zero-order chi connectivity index (χ0) is 20.4. The van der Waals surface area contributed by atoms with E-state index >= 15 is 0 Å². The van der Waals surface area contributed by atoms with Crippen molar-refractivity contribution in [1.82, 2.24) is 19.4 Å². The van der Waals surface area contributed by atoms with Gasteiger partial charge in [0, 0.05) is 37.9 Å². The number of pyridine rings is 1. The predicted octanol–water partition coefficient (Wildman–Crippen LogP) is 3.24. The minimum Gasteiger partial charge on any atom is -0.353 e. The lowest BCUT2D eigenvalue weighted by molar-refractivity contribution is 0.224. The van der Waals surface area contributed by atoms with Gasteiger partial charge >= 0.3 is 0 Å². The van der Waals surface area contributed by atoms with Crippen LogP contribution < -0.4 is 11.1 Å². The largest absolute Gasteiger partial charge is 0.353 e. The molecule has 0 unspecified atom stereocenters. The molecule has 0 radical (unpaired) electrons. The second kappa shape index (κ2) is 8.51. The molecule has 29 heavy (non-hydrogen) atoms. The Kier molecular flexibility index (Phi) is 5.83. The van der Waals surface area contributed by atoms with Gasteiger partial charge in [-0.1, -0.05) is 6.07 Å². The molecule has 0 spiro atoms. The molecule has 0 saturated carbocycles. The van der Waals surface area contributed by atoms with Crippen LogP contribution in [0.15, 0.2) is 30.3 Å². The summed E-state index contributed by atoms with van der Waals surface area (Å²) in [6, 6.07) is 11.1. The minimum absolute atomic E-state index is 0.437. The van der Waals surface area contributed by atoms with Gasteiger partial charge in [0.15, 0.2) is 0 Å². The number of imidazole rings is 1. The summed E-state index contributed by atoms with van der Waals surface area (Å²) >= 11 is 0. The quantitative estimate of drug-likeness (QED) is 0.674. The van der Waals surface area contributed by atoms with E-state index in [1.807, 2.05) is 13.0 Å². The number of nitrogens with two attached hydrogens (primary N) is 1. The van der Waals surface area contributed by atoms with Gasteiger partial charge in [-0.3, -0.25) is 4.98 Å². The zero-order valence-electron chi connectivity index (χ0n) is 17.8. The Morgan fingerprint density at radius 2 is 1.83 bits per heavy atom. The lowest BCUT2D eigenvalue weighted by Gasteiger charge is -2.32. The zero-order valence-corrected chi connectivity index (χ0v) is 17.8. The molecule has 3 heterocycles. The Labute approximate surface area is 173 Å². The molecule has 0 atom stereocenters. The number of likely N-dealkylation sites (tertiary alicyclic amines) is 1. The monoisotopic (exact) mass is 392 g/mol. The molecule has 0 bridgehead atoms. The van der Waals surface area contributed by atoms with E-state index in [1.165, 1.54) is 16.6 Å². The van der Waals surface area contributed by atoms with Crippen molar-refractivity contribution in [1.29, 1.82) is 0 Å². The Hall–Kier alpha value is -2.44. The maximum absolute atomic E-state index is 5.71. The number of rotatable bonds is 6. The molecule has 3 N–H and O–H groups in total. The highest BCUT2D eigenvalue weighted by Gasteiger charge is 2.21. The van der Waals surface area contributed by atoms with Crippen LogP contribution >= 0.6 is 0 Å². The number of hydrogen-bond acceptors (Lipinski definition) is 5. The topological polar surface area (TPSA) is 72.0 Å². The number of benzene rings is 1. The molecule has 0 aliphatic carbocycles. The van der Waals surface area contributed by atoms with Crippen LogP contribution in [0.5, 0.6) is 0 Å². The Balaban J connectivity index is 1.63. The summed E-state index contributed by atoms with van der Waals surface area (Å²) in [4.78, 5) is 12.1. The van der Waals surface area contributed by atoms with Gasteiger partial charge in [-0.05, 0) is 69.0 Å². The third kappa shape index (κ3) is 4.43. The number of aryl methyl sites for hydroxylation is 3. The number of nitrogens with zero attached hydrogens (tertiary/aromatic N) is 4. The fraction of sp³-hybridized carbons (Fsp3) is 0.478. The van der Waals surface area contributed by atoms with Gasteiger partial charge in [-0.15, -0.1) is 0 Å². The van der Waals surface area contributed by atoms with Gasteiger partial charge < -0.3 is 20.5 Å². The third-order valence-corrected chi connectivity index (χ3v) is 6.00. The summed E-state index contributed by atoms with van der Waals surface area (Å²) < 4.78 is 2.29. The molecule has 6 heteroatoms. The number of anilines is 1. The lowest BCUT2D eigenvalue weighted by Crippen LogP contribution is -2.41. The smallest absolute Gasteiger partial charge is 0.204 e. The predicted molar refractivity (Wildman–Crippen MR) is 119 cm³/mol. The first-order valence-corrected chi connectivity index (χ1v) is 10.6. The van der Waals surface area contributed by atoms with Crippen molar-refractivity contribution in [3.05, 3.63) is 52.8 Å². The van der Waals surface area contributed by atoms with E-state index in [-0.39, 0.29) is 0 Å². The summed E-state index contributed by atoms with van der Waals surface area (Å²) in [5.41, 5.74) is 12.6. The first-order chi connectivity index (χ1) is 14.0. The maximum atomic E-state index is 5.71. The highest BCUT2D eigenvalue weighted by Crippen LogP contribution is 2.26. The second-order valence-electron chi connectivity index (χ2n) is 8.27. The Morgan fingerprint density at radius 3 is 2.55 bits per heavy atom. The Morgan fingerprint density at radius 1 is 1.07 bits per heavy atom. The van der Waals surface area contributed by atoms with E-state index in [0.29, 0.717) is 6.04 Å². The maximum Gasteiger partial charge on any atom is 0.204 e.